The summed E-state index contributed by atoms with van der Waals surface area (Å²) in [5.41, 5.74) is 7.20. The Hall–Kier alpha value is -1.14. The van der Waals surface area contributed by atoms with Gasteiger partial charge in [0.25, 0.3) is 0 Å². The van der Waals surface area contributed by atoms with Gasteiger partial charge < -0.3 is 10.6 Å². The number of thiazole rings is 1. The standard InChI is InChI=1S/C16H21N3OS.2ClH/c1-11(15(17)13-7-5-4-6-8-13)16(20)19(3)10-14-9-18-12(2)21-14;;/h4-9,11,15H,10,17H2,1-3H3;2*1H. The first kappa shape index (κ1) is 21.9. The average Bonchev–Trinajstić information content (AvgIpc) is 2.90. The van der Waals surface area contributed by atoms with Crippen LogP contribution in [0.15, 0.2) is 36.5 Å². The number of aromatic nitrogens is 1. The van der Waals surface area contributed by atoms with Crippen molar-refractivity contribution in [1.29, 1.82) is 0 Å². The van der Waals surface area contributed by atoms with Crippen LogP contribution in [0.5, 0.6) is 0 Å². The normalized spacial score (nSPS) is 12.5. The molecule has 0 aliphatic carbocycles. The molecule has 0 saturated heterocycles. The van der Waals surface area contributed by atoms with Crippen molar-refractivity contribution in [2.75, 3.05) is 7.05 Å². The molecule has 0 fully saturated rings. The molecule has 0 radical (unpaired) electrons. The molecule has 1 aromatic heterocycles. The minimum absolute atomic E-state index is 0. The van der Waals surface area contributed by atoms with Gasteiger partial charge in [-0.1, -0.05) is 37.3 Å². The molecule has 2 atom stereocenters. The van der Waals surface area contributed by atoms with Crippen molar-refractivity contribution in [2.45, 2.75) is 26.4 Å². The van der Waals surface area contributed by atoms with Gasteiger partial charge in [0.15, 0.2) is 0 Å². The molecule has 0 spiro atoms. The van der Waals surface area contributed by atoms with Crippen LogP contribution in [0.4, 0.5) is 0 Å². The molecule has 128 valence electrons. The smallest absolute Gasteiger partial charge is 0.227 e. The Bertz CT molecular complexity index is 606. The summed E-state index contributed by atoms with van der Waals surface area (Å²) in [6.07, 6.45) is 1.82. The highest BCUT2D eigenvalue weighted by Crippen LogP contribution is 2.22. The topological polar surface area (TPSA) is 59.2 Å². The number of hydrogen-bond donors (Lipinski definition) is 1. The van der Waals surface area contributed by atoms with Crippen molar-refractivity contribution < 1.29 is 4.79 Å². The van der Waals surface area contributed by atoms with Gasteiger partial charge in [-0.3, -0.25) is 4.79 Å². The molecule has 1 aromatic carbocycles. The predicted octanol–water partition coefficient (Wildman–Crippen LogP) is 3.59. The molecule has 4 nitrogen and oxygen atoms in total. The first-order chi connectivity index (χ1) is 9.99. The maximum absolute atomic E-state index is 12.5. The van der Waals surface area contributed by atoms with E-state index in [-0.39, 0.29) is 42.7 Å². The molecule has 0 saturated carbocycles. The number of carbonyl (C=O) groups excluding carboxylic acids is 1. The van der Waals surface area contributed by atoms with E-state index in [9.17, 15) is 4.79 Å². The second-order valence-corrected chi connectivity index (χ2v) is 6.58. The molecule has 2 unspecified atom stereocenters. The molecular weight excluding hydrogens is 353 g/mol. The summed E-state index contributed by atoms with van der Waals surface area (Å²) in [6.45, 7) is 4.43. The number of nitrogens with two attached hydrogens (primary N) is 1. The van der Waals surface area contributed by atoms with E-state index >= 15 is 0 Å². The van der Waals surface area contributed by atoms with E-state index in [1.54, 1.807) is 16.2 Å². The van der Waals surface area contributed by atoms with Gasteiger partial charge in [-0.05, 0) is 12.5 Å². The molecule has 0 aliphatic rings. The van der Waals surface area contributed by atoms with Gasteiger partial charge >= 0.3 is 0 Å². The lowest BCUT2D eigenvalue weighted by atomic mass is 9.94. The molecule has 2 N–H and O–H groups in total. The van der Waals surface area contributed by atoms with Gasteiger partial charge in [-0.2, -0.15) is 0 Å². The Morgan fingerprint density at radius 1 is 1.30 bits per heavy atom. The number of halogens is 2. The minimum Gasteiger partial charge on any atom is -0.340 e. The van der Waals surface area contributed by atoms with Gasteiger partial charge in [-0.25, -0.2) is 4.98 Å². The summed E-state index contributed by atoms with van der Waals surface area (Å²) in [7, 11) is 1.81. The van der Waals surface area contributed by atoms with Crippen molar-refractivity contribution in [3.8, 4) is 0 Å². The second kappa shape index (κ2) is 9.88. The van der Waals surface area contributed by atoms with E-state index in [1.165, 1.54) is 0 Å². The van der Waals surface area contributed by atoms with E-state index in [1.807, 2.05) is 57.4 Å². The Kier molecular flexibility index (Phi) is 9.39. The lowest BCUT2D eigenvalue weighted by Gasteiger charge is -2.25. The van der Waals surface area contributed by atoms with Crippen molar-refractivity contribution >= 4 is 42.1 Å². The highest BCUT2D eigenvalue weighted by molar-refractivity contribution is 7.11. The average molecular weight is 376 g/mol. The molecule has 2 rings (SSSR count). The van der Waals surface area contributed by atoms with Gasteiger partial charge in [0, 0.05) is 24.2 Å². The van der Waals surface area contributed by atoms with Gasteiger partial charge in [0.1, 0.15) is 0 Å². The monoisotopic (exact) mass is 375 g/mol. The summed E-state index contributed by atoms with van der Waals surface area (Å²) in [6, 6.07) is 9.46. The Morgan fingerprint density at radius 3 is 2.43 bits per heavy atom. The van der Waals surface area contributed by atoms with Crippen LogP contribution in [0, 0.1) is 12.8 Å². The molecule has 7 heteroatoms. The summed E-state index contributed by atoms with van der Waals surface area (Å²) in [5.74, 6) is -0.205. The van der Waals surface area contributed by atoms with Crippen LogP contribution in [0.25, 0.3) is 0 Å². The number of rotatable bonds is 5. The third kappa shape index (κ3) is 5.77. The summed E-state index contributed by atoms with van der Waals surface area (Å²) in [4.78, 5) is 19.5. The zero-order valence-electron chi connectivity index (χ0n) is 13.4. The van der Waals surface area contributed by atoms with E-state index in [0.29, 0.717) is 6.54 Å². The number of carbonyl (C=O) groups is 1. The molecule has 1 heterocycles. The lowest BCUT2D eigenvalue weighted by molar-refractivity contribution is -0.134. The van der Waals surface area contributed by atoms with Crippen LogP contribution >= 0.6 is 36.2 Å². The third-order valence-corrected chi connectivity index (χ3v) is 4.45. The first-order valence-electron chi connectivity index (χ1n) is 6.96. The van der Waals surface area contributed by atoms with Crippen molar-refractivity contribution in [2.24, 2.45) is 11.7 Å². The van der Waals surface area contributed by atoms with E-state index in [4.69, 9.17) is 5.73 Å². The number of benzene rings is 1. The van der Waals surface area contributed by atoms with Crippen LogP contribution in [-0.4, -0.2) is 22.8 Å². The van der Waals surface area contributed by atoms with Crippen molar-refractivity contribution in [3.05, 3.63) is 52.0 Å². The molecule has 0 bridgehead atoms. The number of nitrogens with zero attached hydrogens (tertiary/aromatic N) is 2. The maximum Gasteiger partial charge on any atom is 0.227 e. The van der Waals surface area contributed by atoms with Gasteiger partial charge in [0.05, 0.1) is 17.5 Å². The van der Waals surface area contributed by atoms with E-state index in [0.717, 1.165) is 15.4 Å². The van der Waals surface area contributed by atoms with Crippen LogP contribution < -0.4 is 5.73 Å². The summed E-state index contributed by atoms with van der Waals surface area (Å²) < 4.78 is 0. The zero-order chi connectivity index (χ0) is 15.4. The first-order valence-corrected chi connectivity index (χ1v) is 7.77. The molecule has 1 amide bonds. The summed E-state index contributed by atoms with van der Waals surface area (Å²) in [5, 5.41) is 1.01. The minimum atomic E-state index is -0.288. The lowest BCUT2D eigenvalue weighted by Crippen LogP contribution is -2.36. The van der Waals surface area contributed by atoms with Crippen molar-refractivity contribution in [3.63, 3.8) is 0 Å². The Labute approximate surface area is 153 Å². The number of aryl methyl sites for hydroxylation is 1. The van der Waals surface area contributed by atoms with E-state index in [2.05, 4.69) is 4.98 Å². The molecule has 0 aliphatic heterocycles. The van der Waals surface area contributed by atoms with Crippen LogP contribution in [-0.2, 0) is 11.3 Å². The fourth-order valence-corrected chi connectivity index (χ4v) is 3.10. The predicted molar refractivity (Wildman–Crippen MR) is 100 cm³/mol. The van der Waals surface area contributed by atoms with Crippen molar-refractivity contribution in [1.82, 2.24) is 9.88 Å². The molecule has 23 heavy (non-hydrogen) atoms. The highest BCUT2D eigenvalue weighted by Gasteiger charge is 2.25. The van der Waals surface area contributed by atoms with Gasteiger partial charge in [0.2, 0.25) is 5.91 Å². The number of amides is 1. The van der Waals surface area contributed by atoms with Crippen LogP contribution in [0.3, 0.4) is 0 Å². The molecule has 2 aromatic rings. The largest absolute Gasteiger partial charge is 0.340 e. The summed E-state index contributed by atoms with van der Waals surface area (Å²) >= 11 is 1.61. The van der Waals surface area contributed by atoms with Gasteiger partial charge in [-0.15, -0.1) is 36.2 Å². The maximum atomic E-state index is 12.5. The SMILES string of the molecule is Cc1ncc(CN(C)C(=O)C(C)C(N)c2ccccc2)s1.Cl.Cl. The third-order valence-electron chi connectivity index (χ3n) is 3.55. The fourth-order valence-electron chi connectivity index (χ4n) is 2.26. The quantitative estimate of drug-likeness (QED) is 0.868. The fraction of sp³-hybridized carbons (Fsp3) is 0.375. The van der Waals surface area contributed by atoms with E-state index < -0.39 is 0 Å². The Balaban J connectivity index is 0.00000242. The van der Waals surface area contributed by atoms with Crippen LogP contribution in [0.2, 0.25) is 0 Å². The number of hydrogen-bond acceptors (Lipinski definition) is 4. The van der Waals surface area contributed by atoms with Crippen LogP contribution in [0.1, 0.15) is 28.4 Å². The second-order valence-electron chi connectivity index (χ2n) is 5.27. The zero-order valence-corrected chi connectivity index (χ0v) is 15.9. The Morgan fingerprint density at radius 2 is 1.91 bits per heavy atom. The highest BCUT2D eigenvalue weighted by atomic mass is 35.5. The molecular formula is C16H23Cl2N3OS.